The van der Waals surface area contributed by atoms with Crippen LogP contribution in [0.15, 0.2) is 11.4 Å². The molecule has 1 aromatic rings. The Hall–Kier alpha value is -0.420. The molecule has 0 saturated carbocycles. The summed E-state index contributed by atoms with van der Waals surface area (Å²) in [4.78, 5) is 3.72. The molecule has 0 bridgehead atoms. The van der Waals surface area contributed by atoms with Crippen molar-refractivity contribution in [2.24, 2.45) is 5.73 Å². The number of nitrogens with zero attached hydrogens (tertiary/aromatic N) is 1. The fourth-order valence-corrected chi connectivity index (χ4v) is 3.33. The highest BCUT2D eigenvalue weighted by molar-refractivity contribution is 7.10. The number of aryl methyl sites for hydroxylation is 1. The van der Waals surface area contributed by atoms with E-state index in [-0.39, 0.29) is 6.04 Å². The van der Waals surface area contributed by atoms with Gasteiger partial charge in [-0.05, 0) is 44.3 Å². The van der Waals surface area contributed by atoms with E-state index in [9.17, 15) is 0 Å². The van der Waals surface area contributed by atoms with Gasteiger partial charge in [-0.3, -0.25) is 4.90 Å². The highest BCUT2D eigenvalue weighted by atomic mass is 32.1. The molecule has 98 valence electrons. The zero-order valence-electron chi connectivity index (χ0n) is 11.3. The lowest BCUT2D eigenvalue weighted by Gasteiger charge is -2.31. The molecular weight excluding hydrogens is 232 g/mol. The van der Waals surface area contributed by atoms with Crippen LogP contribution in [0.5, 0.6) is 0 Å². The Morgan fingerprint density at radius 2 is 2.24 bits per heavy atom. The molecule has 0 fully saturated rings. The molecule has 0 amide bonds. The molecule has 1 aromatic heterocycles. The molecule has 0 spiro atoms. The van der Waals surface area contributed by atoms with Gasteiger partial charge in [0.2, 0.25) is 0 Å². The number of hydrogen-bond acceptors (Lipinski definition) is 4. The van der Waals surface area contributed by atoms with Crippen molar-refractivity contribution in [3.63, 3.8) is 0 Å². The van der Waals surface area contributed by atoms with Gasteiger partial charge in [0.25, 0.3) is 0 Å². The van der Waals surface area contributed by atoms with Crippen molar-refractivity contribution in [1.82, 2.24) is 4.90 Å². The molecule has 0 aliphatic rings. The first kappa shape index (κ1) is 14.6. The average Bonchev–Trinajstić information content (AvgIpc) is 2.65. The Kier molecular flexibility index (Phi) is 6.12. The standard InChI is InChI=1S/C13H24N2OS/c1-10-6-9-17-13(10)12(11(2)14)15(3)7-5-8-16-4/h6,9,11-12H,5,7-8,14H2,1-4H3. The van der Waals surface area contributed by atoms with Gasteiger partial charge in [0.15, 0.2) is 0 Å². The SMILES string of the molecule is COCCCN(C)C(c1sccc1C)C(C)N. The van der Waals surface area contributed by atoms with E-state index in [0.29, 0.717) is 6.04 Å². The summed E-state index contributed by atoms with van der Waals surface area (Å²) in [6.45, 7) is 6.05. The van der Waals surface area contributed by atoms with Crippen LogP contribution in [-0.4, -0.2) is 38.3 Å². The van der Waals surface area contributed by atoms with Crippen LogP contribution >= 0.6 is 11.3 Å². The first-order chi connectivity index (χ1) is 8.07. The zero-order chi connectivity index (χ0) is 12.8. The number of rotatable bonds is 7. The lowest BCUT2D eigenvalue weighted by atomic mass is 10.0. The topological polar surface area (TPSA) is 38.5 Å². The average molecular weight is 256 g/mol. The van der Waals surface area contributed by atoms with Crippen LogP contribution in [0.25, 0.3) is 0 Å². The second-order valence-electron chi connectivity index (χ2n) is 4.60. The van der Waals surface area contributed by atoms with Gasteiger partial charge in [0.05, 0.1) is 6.04 Å². The minimum Gasteiger partial charge on any atom is -0.385 e. The molecule has 4 heteroatoms. The smallest absolute Gasteiger partial charge is 0.0590 e. The highest BCUT2D eigenvalue weighted by Crippen LogP contribution is 2.29. The van der Waals surface area contributed by atoms with Gasteiger partial charge in [-0.15, -0.1) is 11.3 Å². The summed E-state index contributed by atoms with van der Waals surface area (Å²) in [5, 5.41) is 2.14. The first-order valence-electron chi connectivity index (χ1n) is 6.06. The lowest BCUT2D eigenvalue weighted by Crippen LogP contribution is -2.37. The Morgan fingerprint density at radius 3 is 2.71 bits per heavy atom. The highest BCUT2D eigenvalue weighted by Gasteiger charge is 2.23. The van der Waals surface area contributed by atoms with E-state index in [1.54, 1.807) is 18.4 Å². The largest absolute Gasteiger partial charge is 0.385 e. The third-order valence-corrected chi connectivity index (χ3v) is 4.09. The van der Waals surface area contributed by atoms with Crippen LogP contribution < -0.4 is 5.73 Å². The van der Waals surface area contributed by atoms with Gasteiger partial charge in [-0.2, -0.15) is 0 Å². The molecule has 0 aliphatic heterocycles. The van der Waals surface area contributed by atoms with Crippen molar-refractivity contribution in [2.45, 2.75) is 32.4 Å². The fourth-order valence-electron chi connectivity index (χ4n) is 2.13. The molecule has 2 unspecified atom stereocenters. The Bertz CT molecular complexity index is 325. The molecular formula is C13H24N2OS. The third-order valence-electron chi connectivity index (χ3n) is 3.00. The maximum Gasteiger partial charge on any atom is 0.0590 e. The molecule has 17 heavy (non-hydrogen) atoms. The van der Waals surface area contributed by atoms with E-state index in [4.69, 9.17) is 10.5 Å². The summed E-state index contributed by atoms with van der Waals surface area (Å²) in [6.07, 6.45) is 1.04. The molecule has 0 saturated heterocycles. The molecule has 2 atom stereocenters. The quantitative estimate of drug-likeness (QED) is 0.761. The van der Waals surface area contributed by atoms with Gasteiger partial charge < -0.3 is 10.5 Å². The number of ether oxygens (including phenoxy) is 1. The fraction of sp³-hybridized carbons (Fsp3) is 0.692. The number of likely N-dealkylation sites (N-methyl/N-ethyl adjacent to an activating group) is 1. The van der Waals surface area contributed by atoms with E-state index >= 15 is 0 Å². The maximum atomic E-state index is 6.14. The summed E-state index contributed by atoms with van der Waals surface area (Å²) in [5.41, 5.74) is 7.48. The van der Waals surface area contributed by atoms with Gasteiger partial charge in [-0.25, -0.2) is 0 Å². The summed E-state index contributed by atoms with van der Waals surface area (Å²) in [6, 6.07) is 2.62. The van der Waals surface area contributed by atoms with Crippen molar-refractivity contribution >= 4 is 11.3 Å². The minimum atomic E-state index is 0.139. The molecule has 1 rings (SSSR count). The van der Waals surface area contributed by atoms with E-state index < -0.39 is 0 Å². The van der Waals surface area contributed by atoms with Crippen LogP contribution in [0.3, 0.4) is 0 Å². The Labute approximate surface area is 109 Å². The van der Waals surface area contributed by atoms with Crippen LogP contribution in [-0.2, 0) is 4.74 Å². The molecule has 0 aliphatic carbocycles. The first-order valence-corrected chi connectivity index (χ1v) is 6.94. The number of nitrogens with two attached hydrogens (primary N) is 1. The molecule has 0 aromatic carbocycles. The Balaban J connectivity index is 2.69. The summed E-state index contributed by atoms with van der Waals surface area (Å²) >= 11 is 1.80. The summed E-state index contributed by atoms with van der Waals surface area (Å²) in [5.74, 6) is 0. The van der Waals surface area contributed by atoms with Gasteiger partial charge >= 0.3 is 0 Å². The lowest BCUT2D eigenvalue weighted by molar-refractivity contribution is 0.159. The van der Waals surface area contributed by atoms with Crippen molar-refractivity contribution in [1.29, 1.82) is 0 Å². The van der Waals surface area contributed by atoms with E-state index in [0.717, 1.165) is 19.6 Å². The second kappa shape index (κ2) is 7.11. The molecule has 1 heterocycles. The number of methoxy groups -OCH3 is 1. The normalized spacial score (nSPS) is 15.2. The van der Waals surface area contributed by atoms with Gasteiger partial charge in [0.1, 0.15) is 0 Å². The number of hydrogen-bond donors (Lipinski definition) is 1. The Morgan fingerprint density at radius 1 is 1.53 bits per heavy atom. The van der Waals surface area contributed by atoms with Gasteiger partial charge in [-0.1, -0.05) is 0 Å². The second-order valence-corrected chi connectivity index (χ2v) is 5.55. The van der Waals surface area contributed by atoms with E-state index in [1.165, 1.54) is 10.4 Å². The molecule has 2 N–H and O–H groups in total. The van der Waals surface area contributed by atoms with Crippen molar-refractivity contribution in [3.8, 4) is 0 Å². The minimum absolute atomic E-state index is 0.139. The van der Waals surface area contributed by atoms with Crippen LogP contribution in [0.4, 0.5) is 0 Å². The van der Waals surface area contributed by atoms with Crippen molar-refractivity contribution < 1.29 is 4.74 Å². The van der Waals surface area contributed by atoms with Crippen LogP contribution in [0.2, 0.25) is 0 Å². The van der Waals surface area contributed by atoms with E-state index in [1.807, 2.05) is 0 Å². The molecule has 3 nitrogen and oxygen atoms in total. The zero-order valence-corrected chi connectivity index (χ0v) is 12.1. The maximum absolute atomic E-state index is 6.14. The van der Waals surface area contributed by atoms with Crippen LogP contribution in [0, 0.1) is 6.92 Å². The predicted molar refractivity (Wildman–Crippen MR) is 74.6 cm³/mol. The monoisotopic (exact) mass is 256 g/mol. The van der Waals surface area contributed by atoms with Gasteiger partial charge in [0, 0.05) is 31.2 Å². The summed E-state index contributed by atoms with van der Waals surface area (Å²) in [7, 11) is 3.88. The van der Waals surface area contributed by atoms with Crippen molar-refractivity contribution in [2.75, 3.05) is 27.3 Å². The number of thiophene rings is 1. The molecule has 0 radical (unpaired) electrons. The van der Waals surface area contributed by atoms with Crippen molar-refractivity contribution in [3.05, 3.63) is 21.9 Å². The third kappa shape index (κ3) is 4.07. The van der Waals surface area contributed by atoms with E-state index in [2.05, 4.69) is 37.2 Å². The predicted octanol–water partition coefficient (Wildman–Crippen LogP) is 2.41. The van der Waals surface area contributed by atoms with Crippen LogP contribution in [0.1, 0.15) is 29.8 Å². The summed E-state index contributed by atoms with van der Waals surface area (Å²) < 4.78 is 5.09.